The molecule has 0 aliphatic carbocycles. The van der Waals surface area contributed by atoms with Gasteiger partial charge in [-0.2, -0.15) is 0 Å². The van der Waals surface area contributed by atoms with Crippen molar-refractivity contribution < 1.29 is 23.8 Å². The molecule has 1 fully saturated rings. The fraction of sp³-hybridized carbons (Fsp3) is 0.462. The molecule has 2 aromatic rings. The van der Waals surface area contributed by atoms with Gasteiger partial charge in [-0.1, -0.05) is 60.7 Å². The topological polar surface area (TPSA) is 68.3 Å². The van der Waals surface area contributed by atoms with E-state index >= 15 is 0 Å². The average Bonchev–Trinajstić information content (AvgIpc) is 2.99. The zero-order chi connectivity index (χ0) is 23.5. The highest BCUT2D eigenvalue weighted by molar-refractivity contribution is 5.78. The number of amides is 2. The van der Waals surface area contributed by atoms with Crippen molar-refractivity contribution in [1.82, 2.24) is 9.80 Å². The number of carbonyl (C=O) groups is 2. The lowest BCUT2D eigenvalue weighted by atomic mass is 10.1. The Hall–Kier alpha value is -2.90. The summed E-state index contributed by atoms with van der Waals surface area (Å²) in [6.07, 6.45) is 0.531. The Kier molecular flexibility index (Phi) is 9.72. The van der Waals surface area contributed by atoms with Gasteiger partial charge in [-0.05, 0) is 24.5 Å². The minimum atomic E-state index is -0.393. The van der Waals surface area contributed by atoms with Crippen LogP contribution in [0, 0.1) is 0 Å². The van der Waals surface area contributed by atoms with Gasteiger partial charge in [-0.15, -0.1) is 0 Å². The largest absolute Gasteiger partial charge is 0.445 e. The van der Waals surface area contributed by atoms with E-state index in [2.05, 4.69) is 0 Å². The van der Waals surface area contributed by atoms with E-state index in [9.17, 15) is 9.59 Å². The third kappa shape index (κ3) is 7.58. The molecule has 0 aromatic heterocycles. The Bertz CT molecular complexity index is 862. The van der Waals surface area contributed by atoms with Gasteiger partial charge in [0.05, 0.1) is 19.3 Å². The van der Waals surface area contributed by atoms with E-state index in [1.54, 1.807) is 12.0 Å². The third-order valence-corrected chi connectivity index (χ3v) is 5.83. The van der Waals surface area contributed by atoms with E-state index in [-0.39, 0.29) is 31.0 Å². The molecule has 2 amide bonds. The first-order valence-corrected chi connectivity index (χ1v) is 11.5. The number of methoxy groups -OCH3 is 1. The quantitative estimate of drug-likeness (QED) is 0.510. The molecule has 7 nitrogen and oxygen atoms in total. The maximum Gasteiger partial charge on any atom is 0.410 e. The van der Waals surface area contributed by atoms with Crippen molar-refractivity contribution in [2.75, 3.05) is 33.4 Å². The molecule has 1 saturated heterocycles. The van der Waals surface area contributed by atoms with Crippen LogP contribution in [-0.4, -0.2) is 67.3 Å². The van der Waals surface area contributed by atoms with Crippen LogP contribution in [0.1, 0.15) is 30.9 Å². The highest BCUT2D eigenvalue weighted by Crippen LogP contribution is 2.18. The SMILES string of the molecule is COC[C@H](CCOCc1ccccc1)N1CC(C)N(C(=O)OCc2ccccc2)CCC1=O. The Morgan fingerprint density at radius 1 is 1.03 bits per heavy atom. The number of benzene rings is 2. The van der Waals surface area contributed by atoms with Crippen LogP contribution in [0.4, 0.5) is 4.79 Å². The smallest absolute Gasteiger partial charge is 0.410 e. The van der Waals surface area contributed by atoms with Crippen molar-refractivity contribution in [2.45, 2.75) is 45.1 Å². The highest BCUT2D eigenvalue weighted by atomic mass is 16.6. The molecule has 2 aromatic carbocycles. The van der Waals surface area contributed by atoms with Crippen LogP contribution in [0.25, 0.3) is 0 Å². The monoisotopic (exact) mass is 454 g/mol. The summed E-state index contributed by atoms with van der Waals surface area (Å²) in [5, 5.41) is 0. The zero-order valence-electron chi connectivity index (χ0n) is 19.5. The number of carbonyl (C=O) groups excluding carboxylic acids is 2. The van der Waals surface area contributed by atoms with Gasteiger partial charge in [-0.3, -0.25) is 4.79 Å². The van der Waals surface area contributed by atoms with E-state index in [0.717, 1.165) is 11.1 Å². The number of ether oxygens (including phenoxy) is 3. The van der Waals surface area contributed by atoms with Crippen molar-refractivity contribution >= 4 is 12.0 Å². The maximum atomic E-state index is 12.9. The molecular weight excluding hydrogens is 420 g/mol. The Balaban J connectivity index is 1.53. The molecule has 7 heteroatoms. The molecule has 1 heterocycles. The first-order valence-electron chi connectivity index (χ1n) is 11.5. The predicted octanol–water partition coefficient (Wildman–Crippen LogP) is 3.87. The van der Waals surface area contributed by atoms with Crippen LogP contribution in [-0.2, 0) is 32.2 Å². The van der Waals surface area contributed by atoms with Gasteiger partial charge >= 0.3 is 6.09 Å². The number of hydrogen-bond acceptors (Lipinski definition) is 5. The molecular formula is C26H34N2O5. The van der Waals surface area contributed by atoms with E-state index in [4.69, 9.17) is 14.2 Å². The summed E-state index contributed by atoms with van der Waals surface area (Å²) in [4.78, 5) is 29.1. The Labute approximate surface area is 196 Å². The van der Waals surface area contributed by atoms with Crippen LogP contribution >= 0.6 is 0 Å². The molecule has 0 bridgehead atoms. The molecule has 0 N–H and O–H groups in total. The first-order chi connectivity index (χ1) is 16.1. The summed E-state index contributed by atoms with van der Waals surface area (Å²) in [5.41, 5.74) is 2.05. The number of nitrogens with zero attached hydrogens (tertiary/aromatic N) is 2. The number of rotatable bonds is 10. The Morgan fingerprint density at radius 2 is 1.67 bits per heavy atom. The van der Waals surface area contributed by atoms with Crippen molar-refractivity contribution in [3.8, 4) is 0 Å². The van der Waals surface area contributed by atoms with E-state index in [1.165, 1.54) is 0 Å². The normalized spacial score (nSPS) is 17.5. The molecule has 3 rings (SSSR count). The van der Waals surface area contributed by atoms with Crippen molar-refractivity contribution in [2.24, 2.45) is 0 Å². The van der Waals surface area contributed by atoms with Gasteiger partial charge < -0.3 is 24.0 Å². The molecule has 0 saturated carbocycles. The lowest BCUT2D eigenvalue weighted by Gasteiger charge is -2.33. The summed E-state index contributed by atoms with van der Waals surface area (Å²) < 4.78 is 16.7. The van der Waals surface area contributed by atoms with Gasteiger partial charge in [-0.25, -0.2) is 4.79 Å². The van der Waals surface area contributed by atoms with Gasteiger partial charge in [0.15, 0.2) is 0 Å². The molecule has 1 unspecified atom stereocenters. The molecule has 1 aliphatic rings. The van der Waals surface area contributed by atoms with Crippen LogP contribution in [0.5, 0.6) is 0 Å². The van der Waals surface area contributed by atoms with Crippen LogP contribution in [0.2, 0.25) is 0 Å². The van der Waals surface area contributed by atoms with E-state index in [0.29, 0.717) is 39.3 Å². The highest BCUT2D eigenvalue weighted by Gasteiger charge is 2.33. The third-order valence-electron chi connectivity index (χ3n) is 5.83. The summed E-state index contributed by atoms with van der Waals surface area (Å²) in [6.45, 7) is 4.42. The van der Waals surface area contributed by atoms with E-state index in [1.807, 2.05) is 72.5 Å². The van der Waals surface area contributed by atoms with Crippen LogP contribution < -0.4 is 0 Å². The minimum absolute atomic E-state index is 0.0188. The van der Waals surface area contributed by atoms with Crippen molar-refractivity contribution in [3.05, 3.63) is 71.8 Å². The molecule has 1 aliphatic heterocycles. The van der Waals surface area contributed by atoms with Gasteiger partial charge in [0.2, 0.25) is 5.91 Å². The second-order valence-electron chi connectivity index (χ2n) is 8.31. The molecule has 0 radical (unpaired) electrons. The van der Waals surface area contributed by atoms with Gasteiger partial charge in [0, 0.05) is 39.3 Å². The summed E-state index contributed by atoms with van der Waals surface area (Å²) in [7, 11) is 1.64. The second-order valence-corrected chi connectivity index (χ2v) is 8.31. The molecule has 0 spiro atoms. The lowest BCUT2D eigenvalue weighted by Crippen LogP contribution is -2.48. The maximum absolute atomic E-state index is 12.9. The fourth-order valence-corrected chi connectivity index (χ4v) is 4.00. The fourth-order valence-electron chi connectivity index (χ4n) is 4.00. The molecule has 2 atom stereocenters. The van der Waals surface area contributed by atoms with E-state index < -0.39 is 6.09 Å². The Morgan fingerprint density at radius 3 is 2.30 bits per heavy atom. The van der Waals surface area contributed by atoms with Crippen LogP contribution in [0.15, 0.2) is 60.7 Å². The summed E-state index contributed by atoms with van der Waals surface area (Å²) in [5.74, 6) is 0.0188. The molecule has 178 valence electrons. The second kappa shape index (κ2) is 13.0. The molecule has 33 heavy (non-hydrogen) atoms. The van der Waals surface area contributed by atoms with Gasteiger partial charge in [0.1, 0.15) is 6.61 Å². The zero-order valence-corrected chi connectivity index (χ0v) is 19.5. The van der Waals surface area contributed by atoms with Crippen molar-refractivity contribution in [1.29, 1.82) is 0 Å². The predicted molar refractivity (Wildman–Crippen MR) is 126 cm³/mol. The minimum Gasteiger partial charge on any atom is -0.445 e. The van der Waals surface area contributed by atoms with Crippen LogP contribution in [0.3, 0.4) is 0 Å². The first kappa shape index (κ1) is 24.7. The summed E-state index contributed by atoms with van der Waals surface area (Å²) in [6, 6.07) is 19.3. The van der Waals surface area contributed by atoms with Gasteiger partial charge in [0.25, 0.3) is 0 Å². The lowest BCUT2D eigenvalue weighted by molar-refractivity contribution is -0.134. The number of hydrogen-bond donors (Lipinski definition) is 0. The summed E-state index contributed by atoms with van der Waals surface area (Å²) >= 11 is 0. The van der Waals surface area contributed by atoms with Crippen molar-refractivity contribution in [3.63, 3.8) is 0 Å². The standard InChI is InChI=1S/C26H34N2O5/c1-21-17-28(24(20-31-2)14-16-32-18-22-9-5-3-6-10-22)25(29)13-15-27(21)26(30)33-19-23-11-7-4-8-12-23/h3-12,21,24H,13-20H2,1-2H3/t21?,24-/m0/s1. The average molecular weight is 455 g/mol.